The minimum Gasteiger partial charge on any atom is -0.396 e. The van der Waals surface area contributed by atoms with E-state index in [0.29, 0.717) is 13.1 Å². The molecule has 0 aliphatic carbocycles. The number of nitrogens with zero attached hydrogens (tertiary/aromatic N) is 4. The quantitative estimate of drug-likeness (QED) is 0.384. The summed E-state index contributed by atoms with van der Waals surface area (Å²) in [4.78, 5) is 15.4. The molecule has 0 bridgehead atoms. The number of likely N-dealkylation sites (tertiary alicyclic amines) is 1. The number of carbonyl (C=O) groups excluding carboxylic acids is 1. The van der Waals surface area contributed by atoms with Gasteiger partial charge in [-0.25, -0.2) is 0 Å². The van der Waals surface area contributed by atoms with Crippen molar-refractivity contribution in [1.82, 2.24) is 4.90 Å². The number of rotatable bonds is 3. The van der Waals surface area contributed by atoms with E-state index in [-0.39, 0.29) is 25.0 Å². The van der Waals surface area contributed by atoms with E-state index in [1.54, 1.807) is 4.90 Å². The van der Waals surface area contributed by atoms with E-state index in [9.17, 15) is 4.79 Å². The average Bonchev–Trinajstić information content (AvgIpc) is 2.62. The van der Waals surface area contributed by atoms with Crippen molar-refractivity contribution >= 4 is 5.91 Å². The summed E-state index contributed by atoms with van der Waals surface area (Å²) >= 11 is 0. The Bertz CT molecular complexity index is 237. The molecule has 1 rings (SSSR count). The van der Waals surface area contributed by atoms with Gasteiger partial charge in [-0.05, 0) is 12.0 Å². The van der Waals surface area contributed by atoms with Gasteiger partial charge in [0.2, 0.25) is 5.91 Å². The van der Waals surface area contributed by atoms with Crippen LogP contribution < -0.4 is 0 Å². The van der Waals surface area contributed by atoms with Crippen LogP contribution in [-0.4, -0.2) is 42.2 Å². The van der Waals surface area contributed by atoms with Crippen LogP contribution in [-0.2, 0) is 4.79 Å². The normalized spacial score (nSPS) is 21.3. The third-order valence-corrected chi connectivity index (χ3v) is 2.17. The molecule has 1 heterocycles. The highest BCUT2D eigenvalue weighted by Gasteiger charge is 2.24. The number of carbonyl (C=O) groups is 1. The molecular weight excluding hydrogens is 172 g/mol. The Labute approximate surface area is 75.8 Å². The van der Waals surface area contributed by atoms with E-state index < -0.39 is 0 Å². The number of aliphatic hydroxyl groups is 1. The largest absolute Gasteiger partial charge is 0.396 e. The second-order valence-corrected chi connectivity index (χ2v) is 3.07. The summed E-state index contributed by atoms with van der Waals surface area (Å²) in [5.74, 6) is 0.0313. The van der Waals surface area contributed by atoms with Crippen molar-refractivity contribution in [2.24, 2.45) is 11.0 Å². The second kappa shape index (κ2) is 4.69. The van der Waals surface area contributed by atoms with Crippen LogP contribution in [0.3, 0.4) is 0 Å². The van der Waals surface area contributed by atoms with Crippen molar-refractivity contribution in [3.63, 3.8) is 0 Å². The minimum atomic E-state index is -0.159. The van der Waals surface area contributed by atoms with Gasteiger partial charge in [0.15, 0.2) is 0 Å². The molecular formula is C7H12N4O2. The lowest BCUT2D eigenvalue weighted by molar-refractivity contribution is -0.128. The van der Waals surface area contributed by atoms with Gasteiger partial charge in [-0.1, -0.05) is 5.11 Å². The first-order valence-electron chi connectivity index (χ1n) is 4.17. The van der Waals surface area contributed by atoms with Crippen molar-refractivity contribution in [3.05, 3.63) is 10.4 Å². The lowest BCUT2D eigenvalue weighted by atomic mass is 10.1. The van der Waals surface area contributed by atoms with Crippen molar-refractivity contribution < 1.29 is 9.90 Å². The Morgan fingerprint density at radius 3 is 3.08 bits per heavy atom. The molecule has 0 unspecified atom stereocenters. The molecule has 1 atom stereocenters. The van der Waals surface area contributed by atoms with Gasteiger partial charge in [0, 0.05) is 30.5 Å². The van der Waals surface area contributed by atoms with Crippen LogP contribution in [0.5, 0.6) is 0 Å². The molecule has 1 N–H and O–H groups in total. The van der Waals surface area contributed by atoms with Crippen molar-refractivity contribution in [2.45, 2.75) is 6.42 Å². The average molecular weight is 184 g/mol. The molecule has 72 valence electrons. The maximum absolute atomic E-state index is 11.2. The van der Waals surface area contributed by atoms with Gasteiger partial charge < -0.3 is 10.0 Å². The van der Waals surface area contributed by atoms with Crippen molar-refractivity contribution in [3.8, 4) is 0 Å². The van der Waals surface area contributed by atoms with Gasteiger partial charge >= 0.3 is 0 Å². The van der Waals surface area contributed by atoms with E-state index in [1.165, 1.54) is 0 Å². The first-order chi connectivity index (χ1) is 6.27. The minimum absolute atomic E-state index is 0.116. The highest BCUT2D eigenvalue weighted by Crippen LogP contribution is 2.15. The Morgan fingerprint density at radius 2 is 2.54 bits per heavy atom. The Morgan fingerprint density at radius 1 is 1.77 bits per heavy atom. The SMILES string of the molecule is [N-]=[N+]=NCC(=O)N1CC[C@H](CO)C1. The first kappa shape index (κ1) is 9.83. The molecule has 0 saturated carbocycles. The number of amides is 1. The molecule has 0 spiro atoms. The van der Waals surface area contributed by atoms with Crippen molar-refractivity contribution in [2.75, 3.05) is 26.2 Å². The topological polar surface area (TPSA) is 89.3 Å². The van der Waals surface area contributed by atoms with Gasteiger partial charge in [-0.3, -0.25) is 4.79 Å². The molecule has 1 saturated heterocycles. The summed E-state index contributed by atoms with van der Waals surface area (Å²) in [7, 11) is 0. The third-order valence-electron chi connectivity index (χ3n) is 2.17. The molecule has 0 aromatic carbocycles. The van der Waals surface area contributed by atoms with E-state index in [1.807, 2.05) is 0 Å². The van der Waals surface area contributed by atoms with Crippen LogP contribution in [0.4, 0.5) is 0 Å². The summed E-state index contributed by atoms with van der Waals surface area (Å²) in [6.07, 6.45) is 0.832. The molecule has 13 heavy (non-hydrogen) atoms. The summed E-state index contributed by atoms with van der Waals surface area (Å²) in [6.45, 7) is 1.24. The van der Waals surface area contributed by atoms with E-state index >= 15 is 0 Å². The van der Waals surface area contributed by atoms with Gasteiger partial charge in [-0.15, -0.1) is 0 Å². The van der Waals surface area contributed by atoms with Crippen LogP contribution in [0.1, 0.15) is 6.42 Å². The zero-order valence-corrected chi connectivity index (χ0v) is 7.26. The van der Waals surface area contributed by atoms with Gasteiger partial charge in [-0.2, -0.15) is 0 Å². The fourth-order valence-electron chi connectivity index (χ4n) is 1.40. The van der Waals surface area contributed by atoms with Crippen LogP contribution in [0.25, 0.3) is 10.4 Å². The van der Waals surface area contributed by atoms with E-state index in [0.717, 1.165) is 6.42 Å². The molecule has 1 amide bonds. The molecule has 1 fully saturated rings. The molecule has 1 aliphatic heterocycles. The summed E-state index contributed by atoms with van der Waals surface area (Å²) in [5, 5.41) is 12.0. The lowest BCUT2D eigenvalue weighted by Crippen LogP contribution is -2.30. The number of aliphatic hydroxyl groups excluding tert-OH is 1. The highest BCUT2D eigenvalue weighted by molar-refractivity contribution is 5.78. The zero-order valence-electron chi connectivity index (χ0n) is 7.26. The van der Waals surface area contributed by atoms with Crippen molar-refractivity contribution in [1.29, 1.82) is 0 Å². The van der Waals surface area contributed by atoms with E-state index in [2.05, 4.69) is 10.0 Å². The molecule has 1 aliphatic rings. The Balaban J connectivity index is 2.37. The maximum atomic E-state index is 11.2. The number of hydrogen-bond donors (Lipinski definition) is 1. The van der Waals surface area contributed by atoms with Gasteiger partial charge in [0.1, 0.15) is 6.54 Å². The number of hydrogen-bond acceptors (Lipinski definition) is 3. The molecule has 6 nitrogen and oxygen atoms in total. The first-order valence-corrected chi connectivity index (χ1v) is 4.17. The highest BCUT2D eigenvalue weighted by atomic mass is 16.3. The van der Waals surface area contributed by atoms with Gasteiger partial charge in [0.25, 0.3) is 0 Å². The second-order valence-electron chi connectivity index (χ2n) is 3.07. The standard InChI is InChI=1S/C7H12N4O2/c8-10-9-3-7(13)11-2-1-6(4-11)5-12/h6,12H,1-5H2/t6-/m0/s1. The monoisotopic (exact) mass is 184 g/mol. The van der Waals surface area contributed by atoms with Crippen LogP contribution in [0, 0.1) is 5.92 Å². The van der Waals surface area contributed by atoms with Crippen LogP contribution in [0.2, 0.25) is 0 Å². The summed E-state index contributed by atoms with van der Waals surface area (Å²) < 4.78 is 0. The maximum Gasteiger partial charge on any atom is 0.228 e. The van der Waals surface area contributed by atoms with Crippen LogP contribution >= 0.6 is 0 Å². The predicted molar refractivity (Wildman–Crippen MR) is 45.8 cm³/mol. The van der Waals surface area contributed by atoms with Gasteiger partial charge in [0.05, 0.1) is 0 Å². The molecule has 0 radical (unpaired) electrons. The lowest BCUT2D eigenvalue weighted by Gasteiger charge is -2.14. The summed E-state index contributed by atoms with van der Waals surface area (Å²) in [5.41, 5.74) is 8.00. The predicted octanol–water partition coefficient (Wildman–Crippen LogP) is 0.138. The Hall–Kier alpha value is -1.26. The fourth-order valence-corrected chi connectivity index (χ4v) is 1.40. The number of azide groups is 1. The third kappa shape index (κ3) is 2.61. The smallest absolute Gasteiger partial charge is 0.228 e. The van der Waals surface area contributed by atoms with E-state index in [4.69, 9.17) is 10.6 Å². The Kier molecular flexibility index (Phi) is 3.54. The molecule has 0 aromatic heterocycles. The molecule has 0 aromatic rings. The molecule has 6 heteroatoms. The summed E-state index contributed by atoms with van der Waals surface area (Å²) in [6, 6.07) is 0. The van der Waals surface area contributed by atoms with Crippen LogP contribution in [0.15, 0.2) is 5.11 Å². The zero-order chi connectivity index (χ0) is 9.68. The fraction of sp³-hybridized carbons (Fsp3) is 0.857.